The molecule has 10 nitrogen and oxygen atoms in total. The molecule has 2 aromatic heterocycles. The number of nitrogens with one attached hydrogen (secondary N) is 2. The van der Waals surface area contributed by atoms with Crippen LogP contribution in [-0.2, 0) is 15.7 Å². The Morgan fingerprint density at radius 2 is 1.97 bits per heavy atom. The van der Waals surface area contributed by atoms with Crippen molar-refractivity contribution in [2.24, 2.45) is 0 Å². The molecule has 4 rings (SSSR count). The second-order valence-corrected chi connectivity index (χ2v) is 8.65. The maximum Gasteiger partial charge on any atom is 0.434 e. The summed E-state index contributed by atoms with van der Waals surface area (Å²) in [6.07, 6.45) is -1.50. The molecule has 1 saturated carbocycles. The van der Waals surface area contributed by atoms with Crippen molar-refractivity contribution in [1.82, 2.24) is 19.9 Å². The van der Waals surface area contributed by atoms with Crippen molar-refractivity contribution in [1.29, 1.82) is 0 Å². The molecule has 2 N–H and O–H groups in total. The number of halogens is 3. The van der Waals surface area contributed by atoms with Gasteiger partial charge in [-0.05, 0) is 26.7 Å². The maximum absolute atomic E-state index is 12.7. The first kappa shape index (κ1) is 23.9. The van der Waals surface area contributed by atoms with Gasteiger partial charge in [0.25, 0.3) is 0 Å². The van der Waals surface area contributed by atoms with Crippen molar-refractivity contribution in [3.8, 4) is 0 Å². The van der Waals surface area contributed by atoms with Crippen LogP contribution in [0.1, 0.15) is 31.2 Å². The first-order chi connectivity index (χ1) is 16.0. The van der Waals surface area contributed by atoms with E-state index >= 15 is 0 Å². The Balaban J connectivity index is 1.41. The van der Waals surface area contributed by atoms with Gasteiger partial charge in [-0.1, -0.05) is 0 Å². The Kier molecular flexibility index (Phi) is 6.23. The molecule has 0 radical (unpaired) electrons. The van der Waals surface area contributed by atoms with E-state index in [9.17, 15) is 18.0 Å². The highest BCUT2D eigenvalue weighted by Gasteiger charge is 2.38. The van der Waals surface area contributed by atoms with Crippen LogP contribution in [0.25, 0.3) is 0 Å². The summed E-state index contributed by atoms with van der Waals surface area (Å²) in [4.78, 5) is 32.7. The molecule has 0 bridgehead atoms. The van der Waals surface area contributed by atoms with Crippen LogP contribution in [0, 0.1) is 6.92 Å². The number of carbonyl (C=O) groups is 1. The molecule has 34 heavy (non-hydrogen) atoms. The van der Waals surface area contributed by atoms with Crippen LogP contribution in [-0.4, -0.2) is 71.3 Å². The molecule has 1 aliphatic heterocycles. The lowest BCUT2D eigenvalue weighted by atomic mass is 9.86. The second-order valence-electron chi connectivity index (χ2n) is 8.65. The summed E-state index contributed by atoms with van der Waals surface area (Å²) in [7, 11) is 5.14. The van der Waals surface area contributed by atoms with Crippen LogP contribution in [0.4, 0.5) is 36.4 Å². The number of ether oxygens (including phenoxy) is 1. The predicted molar refractivity (Wildman–Crippen MR) is 120 cm³/mol. The fourth-order valence-electron chi connectivity index (χ4n) is 4.23. The minimum Gasteiger partial charge on any atom is -0.379 e. The number of hydrogen-bond donors (Lipinski definition) is 2. The second kappa shape index (κ2) is 8.85. The van der Waals surface area contributed by atoms with Gasteiger partial charge in [-0.2, -0.15) is 18.2 Å². The molecule has 0 saturated heterocycles. The van der Waals surface area contributed by atoms with Gasteiger partial charge in [0.1, 0.15) is 17.5 Å². The topological polar surface area (TPSA) is 108 Å². The zero-order valence-corrected chi connectivity index (χ0v) is 19.5. The number of aryl methyl sites for hydroxylation is 1. The maximum atomic E-state index is 12.7. The van der Waals surface area contributed by atoms with Gasteiger partial charge < -0.3 is 25.2 Å². The molecule has 1 unspecified atom stereocenters. The van der Waals surface area contributed by atoms with Crippen molar-refractivity contribution in [2.75, 3.05) is 41.6 Å². The number of rotatable bonds is 6. The number of likely N-dealkylation sites (N-methyl/N-ethyl adjacent to an activating group) is 1. The predicted octanol–water partition coefficient (Wildman–Crippen LogP) is 2.46. The summed E-state index contributed by atoms with van der Waals surface area (Å²) >= 11 is 0. The number of methoxy groups -OCH3 is 1. The molecular formula is C21H27F3N8O2. The Labute approximate surface area is 194 Å². The van der Waals surface area contributed by atoms with Crippen LogP contribution in [0.3, 0.4) is 0 Å². The minimum absolute atomic E-state index is 0.0875. The van der Waals surface area contributed by atoms with E-state index in [-0.39, 0.29) is 24.1 Å². The van der Waals surface area contributed by atoms with Gasteiger partial charge in [0, 0.05) is 33.3 Å². The molecule has 1 fully saturated rings. The molecule has 3 heterocycles. The molecule has 2 aromatic rings. The molecule has 0 aromatic carbocycles. The number of nitrogens with zero attached hydrogens (tertiary/aromatic N) is 6. The van der Waals surface area contributed by atoms with E-state index in [4.69, 9.17) is 4.74 Å². The SMILES string of the molecule is COC(C)[C@H]1C(=O)Nc2c(C)nc(NC3CC(N(C)c4cnc(C(F)(F)F)cn4)C3)nc2N1C. The van der Waals surface area contributed by atoms with Gasteiger partial charge >= 0.3 is 6.18 Å². The Morgan fingerprint density at radius 1 is 1.26 bits per heavy atom. The van der Waals surface area contributed by atoms with Crippen LogP contribution in [0.5, 0.6) is 0 Å². The van der Waals surface area contributed by atoms with E-state index in [1.807, 2.05) is 11.8 Å². The highest BCUT2D eigenvalue weighted by atomic mass is 19.4. The van der Waals surface area contributed by atoms with Gasteiger partial charge in [0.15, 0.2) is 11.5 Å². The van der Waals surface area contributed by atoms with Crippen LogP contribution >= 0.6 is 0 Å². The number of anilines is 4. The summed E-state index contributed by atoms with van der Waals surface area (Å²) in [5.74, 6) is 1.26. The van der Waals surface area contributed by atoms with Crippen LogP contribution in [0.2, 0.25) is 0 Å². The van der Waals surface area contributed by atoms with Gasteiger partial charge in [-0.25, -0.2) is 15.0 Å². The Hall–Kier alpha value is -3.22. The van der Waals surface area contributed by atoms with Crippen molar-refractivity contribution in [3.05, 3.63) is 23.8 Å². The quantitative estimate of drug-likeness (QED) is 0.645. The lowest BCUT2D eigenvalue weighted by Gasteiger charge is -2.42. The Morgan fingerprint density at radius 3 is 2.56 bits per heavy atom. The van der Waals surface area contributed by atoms with E-state index in [0.29, 0.717) is 29.0 Å². The van der Waals surface area contributed by atoms with Crippen molar-refractivity contribution >= 4 is 29.2 Å². The number of fused-ring (bicyclic) bond motifs is 1. The molecule has 1 amide bonds. The minimum atomic E-state index is -4.51. The smallest absolute Gasteiger partial charge is 0.379 e. The van der Waals surface area contributed by atoms with Gasteiger partial charge in [-0.3, -0.25) is 4.79 Å². The van der Waals surface area contributed by atoms with Crippen LogP contribution in [0.15, 0.2) is 12.4 Å². The number of aromatic nitrogens is 4. The summed E-state index contributed by atoms with van der Waals surface area (Å²) in [5.41, 5.74) is 0.204. The fraction of sp³-hybridized carbons (Fsp3) is 0.571. The summed E-state index contributed by atoms with van der Waals surface area (Å²) in [6.45, 7) is 3.63. The zero-order valence-electron chi connectivity index (χ0n) is 19.5. The number of amides is 1. The number of hydrogen-bond acceptors (Lipinski definition) is 9. The van der Waals surface area contributed by atoms with Gasteiger partial charge in [0.05, 0.1) is 24.2 Å². The third-order valence-corrected chi connectivity index (χ3v) is 6.44. The fourth-order valence-corrected chi connectivity index (χ4v) is 4.23. The monoisotopic (exact) mass is 480 g/mol. The standard InChI is InChI=1S/C21H27F3N8O2/c1-10-16-18(32(4)17(11(2)34-5)19(33)29-16)30-20(27-10)28-12-6-13(7-12)31(3)15-9-25-14(8-26-15)21(22,23)24/h8-9,11-13,17H,6-7H2,1-5H3,(H,29,33)(H,27,28,30)/t11?,12?,13?,17-/m0/s1. The van der Waals surface area contributed by atoms with E-state index in [0.717, 1.165) is 25.2 Å². The molecule has 2 aliphatic rings. The molecule has 0 spiro atoms. The molecule has 1 aliphatic carbocycles. The van der Waals surface area contributed by atoms with Gasteiger partial charge in [0.2, 0.25) is 11.9 Å². The van der Waals surface area contributed by atoms with Crippen LogP contribution < -0.4 is 20.4 Å². The van der Waals surface area contributed by atoms with E-state index in [1.165, 1.54) is 0 Å². The largest absolute Gasteiger partial charge is 0.434 e. The normalized spacial score (nSPS) is 23.0. The summed E-state index contributed by atoms with van der Waals surface area (Å²) < 4.78 is 43.5. The zero-order chi connectivity index (χ0) is 24.8. The summed E-state index contributed by atoms with van der Waals surface area (Å²) in [6, 6.07) is -0.341. The lowest BCUT2D eigenvalue weighted by Crippen LogP contribution is -2.53. The van der Waals surface area contributed by atoms with Gasteiger partial charge in [-0.15, -0.1) is 0 Å². The molecule has 13 heteroatoms. The average molecular weight is 480 g/mol. The highest BCUT2D eigenvalue weighted by Crippen LogP contribution is 2.35. The van der Waals surface area contributed by atoms with E-state index < -0.39 is 17.9 Å². The first-order valence-electron chi connectivity index (χ1n) is 10.8. The van der Waals surface area contributed by atoms with Crippen molar-refractivity contribution in [3.63, 3.8) is 0 Å². The molecular weight excluding hydrogens is 453 g/mol. The first-order valence-corrected chi connectivity index (χ1v) is 10.8. The number of carbonyl (C=O) groups excluding carboxylic acids is 1. The van der Waals surface area contributed by atoms with E-state index in [2.05, 4.69) is 30.6 Å². The number of alkyl halides is 3. The van der Waals surface area contributed by atoms with Crippen molar-refractivity contribution in [2.45, 2.75) is 57.1 Å². The third kappa shape index (κ3) is 4.43. The third-order valence-electron chi connectivity index (χ3n) is 6.44. The van der Waals surface area contributed by atoms with Crippen molar-refractivity contribution < 1.29 is 22.7 Å². The lowest BCUT2D eigenvalue weighted by molar-refractivity contribution is -0.141. The molecule has 184 valence electrons. The summed E-state index contributed by atoms with van der Waals surface area (Å²) in [5, 5.41) is 6.20. The van der Waals surface area contributed by atoms with E-state index in [1.54, 1.807) is 33.0 Å². The Bertz CT molecular complexity index is 1060. The molecule has 2 atom stereocenters. The highest BCUT2D eigenvalue weighted by molar-refractivity contribution is 6.03. The average Bonchev–Trinajstić information content (AvgIpc) is 2.75.